The van der Waals surface area contributed by atoms with Gasteiger partial charge in [-0.2, -0.15) is 5.10 Å². The molecular weight excluding hydrogens is 192 g/mol. The van der Waals surface area contributed by atoms with Crippen molar-refractivity contribution < 1.29 is 5.11 Å². The first-order chi connectivity index (χ1) is 7.01. The van der Waals surface area contributed by atoms with E-state index >= 15 is 0 Å². The molecule has 1 fully saturated rings. The molecule has 1 aromatic heterocycles. The van der Waals surface area contributed by atoms with Gasteiger partial charge in [0.25, 0.3) is 0 Å². The first kappa shape index (κ1) is 10.6. The summed E-state index contributed by atoms with van der Waals surface area (Å²) in [5.74, 6) is 0.840. The Hall–Kier alpha value is -0.940. The Kier molecular flexibility index (Phi) is 2.52. The quantitative estimate of drug-likeness (QED) is 0.683. The third kappa shape index (κ3) is 1.77. The zero-order chi connectivity index (χ0) is 11.1. The molecule has 0 saturated heterocycles. The van der Waals surface area contributed by atoms with Crippen LogP contribution in [0, 0.1) is 5.41 Å². The molecule has 5 nitrogen and oxygen atoms in total. The molecule has 1 aliphatic rings. The molecule has 0 amide bonds. The van der Waals surface area contributed by atoms with Gasteiger partial charge in [0, 0.05) is 11.5 Å². The van der Waals surface area contributed by atoms with Gasteiger partial charge in [-0.25, -0.2) is 4.98 Å². The van der Waals surface area contributed by atoms with E-state index in [9.17, 15) is 5.11 Å². The van der Waals surface area contributed by atoms with Crippen LogP contribution in [-0.2, 0) is 0 Å². The topological polar surface area (TPSA) is 73.8 Å². The van der Waals surface area contributed by atoms with E-state index in [0.29, 0.717) is 6.04 Å². The van der Waals surface area contributed by atoms with Crippen LogP contribution in [0.2, 0.25) is 0 Å². The molecule has 1 saturated carbocycles. The summed E-state index contributed by atoms with van der Waals surface area (Å²) >= 11 is 0. The minimum absolute atomic E-state index is 0.0473. The molecule has 1 heterocycles. The summed E-state index contributed by atoms with van der Waals surface area (Å²) < 4.78 is 0. The summed E-state index contributed by atoms with van der Waals surface area (Å²) in [6, 6.07) is 0.483. The molecule has 0 bridgehead atoms. The average molecular weight is 210 g/mol. The molecule has 2 rings (SSSR count). The first-order valence-corrected chi connectivity index (χ1v) is 5.31. The maximum absolute atomic E-state index is 9.61. The van der Waals surface area contributed by atoms with E-state index in [-0.39, 0.29) is 17.6 Å². The van der Waals surface area contributed by atoms with Crippen molar-refractivity contribution in [2.45, 2.75) is 45.4 Å². The number of nitrogens with one attached hydrogen (secondary N) is 2. The highest BCUT2D eigenvalue weighted by molar-refractivity contribution is 5.04. The first-order valence-electron chi connectivity index (χ1n) is 5.31. The van der Waals surface area contributed by atoms with Crippen molar-refractivity contribution in [3.8, 4) is 0 Å². The largest absolute Gasteiger partial charge is 0.392 e. The van der Waals surface area contributed by atoms with Crippen LogP contribution in [0.15, 0.2) is 6.33 Å². The van der Waals surface area contributed by atoms with E-state index in [1.165, 1.54) is 6.33 Å². The van der Waals surface area contributed by atoms with Crippen LogP contribution >= 0.6 is 0 Å². The van der Waals surface area contributed by atoms with Crippen molar-refractivity contribution in [3.63, 3.8) is 0 Å². The van der Waals surface area contributed by atoms with Gasteiger partial charge in [-0.15, -0.1) is 0 Å². The molecule has 15 heavy (non-hydrogen) atoms. The lowest BCUT2D eigenvalue weighted by atomic mass is 9.64. The van der Waals surface area contributed by atoms with Crippen LogP contribution in [0.25, 0.3) is 0 Å². The fraction of sp³-hybridized carbons (Fsp3) is 0.800. The Morgan fingerprint density at radius 1 is 1.67 bits per heavy atom. The number of nitrogens with zero attached hydrogens (tertiary/aromatic N) is 2. The molecule has 1 aliphatic carbocycles. The molecule has 0 aliphatic heterocycles. The van der Waals surface area contributed by atoms with E-state index in [1.54, 1.807) is 0 Å². The number of hydrogen-bond donors (Lipinski definition) is 3. The summed E-state index contributed by atoms with van der Waals surface area (Å²) in [5, 5.41) is 19.7. The van der Waals surface area contributed by atoms with Gasteiger partial charge in [-0.3, -0.25) is 5.10 Å². The molecule has 3 atom stereocenters. The number of aliphatic hydroxyl groups excluding tert-OH is 1. The Balaban J connectivity index is 1.94. The van der Waals surface area contributed by atoms with Crippen molar-refractivity contribution in [2.75, 3.05) is 0 Å². The smallest absolute Gasteiger partial charge is 0.141 e. The molecule has 1 aromatic rings. The minimum Gasteiger partial charge on any atom is -0.392 e. The van der Waals surface area contributed by atoms with Crippen LogP contribution in [-0.4, -0.2) is 32.4 Å². The summed E-state index contributed by atoms with van der Waals surface area (Å²) in [6.07, 6.45) is 2.12. The zero-order valence-corrected chi connectivity index (χ0v) is 9.36. The minimum atomic E-state index is -0.197. The third-order valence-corrected chi connectivity index (χ3v) is 3.51. The van der Waals surface area contributed by atoms with Gasteiger partial charge in [0.2, 0.25) is 0 Å². The van der Waals surface area contributed by atoms with Crippen LogP contribution in [0.4, 0.5) is 0 Å². The second-order valence-electron chi connectivity index (χ2n) is 4.88. The van der Waals surface area contributed by atoms with Crippen molar-refractivity contribution in [1.82, 2.24) is 20.5 Å². The van der Waals surface area contributed by atoms with Crippen molar-refractivity contribution in [1.29, 1.82) is 0 Å². The Morgan fingerprint density at radius 2 is 2.40 bits per heavy atom. The van der Waals surface area contributed by atoms with E-state index in [0.717, 1.165) is 12.2 Å². The van der Waals surface area contributed by atoms with Crippen molar-refractivity contribution in [2.24, 2.45) is 5.41 Å². The lowest BCUT2D eigenvalue weighted by Crippen LogP contribution is -2.60. The standard InChI is InChI=1S/C10H18N4O/c1-6(9-11-5-12-14-9)13-7-4-8(15)10(7,2)3/h5-8,13,15H,4H2,1-3H3,(H,11,12,14). The van der Waals surface area contributed by atoms with Gasteiger partial charge >= 0.3 is 0 Å². The second-order valence-corrected chi connectivity index (χ2v) is 4.88. The van der Waals surface area contributed by atoms with Gasteiger partial charge in [0.05, 0.1) is 12.1 Å². The molecule has 84 valence electrons. The molecular formula is C10H18N4O. The Labute approximate surface area is 89.3 Å². The molecule has 3 N–H and O–H groups in total. The monoisotopic (exact) mass is 210 g/mol. The van der Waals surface area contributed by atoms with Gasteiger partial charge < -0.3 is 10.4 Å². The Bertz CT molecular complexity index is 322. The maximum Gasteiger partial charge on any atom is 0.141 e. The number of aliphatic hydroxyl groups is 1. The van der Waals surface area contributed by atoms with Gasteiger partial charge in [-0.1, -0.05) is 13.8 Å². The normalized spacial score (nSPS) is 30.9. The Morgan fingerprint density at radius 3 is 2.87 bits per heavy atom. The number of H-pyrrole nitrogens is 1. The number of aromatic amines is 1. The zero-order valence-electron chi connectivity index (χ0n) is 9.36. The molecule has 0 aromatic carbocycles. The fourth-order valence-corrected chi connectivity index (χ4v) is 1.99. The lowest BCUT2D eigenvalue weighted by Gasteiger charge is -2.50. The fourth-order valence-electron chi connectivity index (χ4n) is 1.99. The van der Waals surface area contributed by atoms with Crippen LogP contribution in [0.1, 0.15) is 39.1 Å². The van der Waals surface area contributed by atoms with Crippen LogP contribution < -0.4 is 5.32 Å². The highest BCUT2D eigenvalue weighted by Gasteiger charge is 2.47. The highest BCUT2D eigenvalue weighted by atomic mass is 16.3. The molecule has 3 unspecified atom stereocenters. The van der Waals surface area contributed by atoms with E-state index in [1.807, 2.05) is 6.92 Å². The second kappa shape index (κ2) is 3.57. The average Bonchev–Trinajstić information content (AvgIpc) is 2.70. The van der Waals surface area contributed by atoms with E-state index < -0.39 is 0 Å². The highest BCUT2D eigenvalue weighted by Crippen LogP contribution is 2.41. The van der Waals surface area contributed by atoms with E-state index in [2.05, 4.69) is 34.3 Å². The molecule has 0 spiro atoms. The van der Waals surface area contributed by atoms with E-state index in [4.69, 9.17) is 0 Å². The summed E-state index contributed by atoms with van der Waals surface area (Å²) in [6.45, 7) is 6.19. The third-order valence-electron chi connectivity index (χ3n) is 3.51. The molecule has 0 radical (unpaired) electrons. The van der Waals surface area contributed by atoms with Gasteiger partial charge in [-0.05, 0) is 13.3 Å². The predicted octanol–water partition coefficient (Wildman–Crippen LogP) is 0.615. The number of rotatable bonds is 3. The van der Waals surface area contributed by atoms with Crippen LogP contribution in [0.5, 0.6) is 0 Å². The number of hydrogen-bond acceptors (Lipinski definition) is 4. The van der Waals surface area contributed by atoms with Crippen LogP contribution in [0.3, 0.4) is 0 Å². The lowest BCUT2D eigenvalue weighted by molar-refractivity contribution is -0.0757. The summed E-state index contributed by atoms with van der Waals surface area (Å²) in [4.78, 5) is 4.10. The van der Waals surface area contributed by atoms with Gasteiger partial charge in [0.15, 0.2) is 0 Å². The van der Waals surface area contributed by atoms with Gasteiger partial charge in [0.1, 0.15) is 12.2 Å². The van der Waals surface area contributed by atoms with Crippen molar-refractivity contribution >= 4 is 0 Å². The predicted molar refractivity (Wildman–Crippen MR) is 56.1 cm³/mol. The summed E-state index contributed by atoms with van der Waals surface area (Å²) in [7, 11) is 0. The summed E-state index contributed by atoms with van der Waals surface area (Å²) in [5.41, 5.74) is -0.0473. The van der Waals surface area contributed by atoms with Crippen molar-refractivity contribution in [3.05, 3.63) is 12.2 Å². The number of aromatic nitrogens is 3. The molecule has 5 heteroatoms. The maximum atomic E-state index is 9.61. The SMILES string of the molecule is CC(NC1CC(O)C1(C)C)c1ncn[nH]1.